The number of rotatable bonds is 4. The Labute approximate surface area is 92.7 Å². The molecule has 7 heteroatoms. The molecule has 6 nitrogen and oxygen atoms in total. The van der Waals surface area contributed by atoms with E-state index in [0.29, 0.717) is 12.2 Å². The predicted octanol–water partition coefficient (Wildman–Crippen LogP) is 0.325. The van der Waals surface area contributed by atoms with Gasteiger partial charge in [-0.05, 0) is 12.1 Å². The summed E-state index contributed by atoms with van der Waals surface area (Å²) in [6.45, 7) is -0.0152. The maximum absolute atomic E-state index is 10.5. The van der Waals surface area contributed by atoms with Crippen LogP contribution < -0.4 is 5.14 Å². The van der Waals surface area contributed by atoms with Crippen LogP contribution in [0.2, 0.25) is 0 Å². The standard InChI is InChI=1S/C9H11N3O3S/c10-16(13,14)15-6-5-9-11-7-3-1-2-4-8(7)12-9/h1-4H,5-6H2,(H,11,12)(H2,10,13,14). The van der Waals surface area contributed by atoms with Crippen molar-refractivity contribution in [1.82, 2.24) is 9.97 Å². The van der Waals surface area contributed by atoms with Crippen molar-refractivity contribution in [2.75, 3.05) is 6.61 Å². The van der Waals surface area contributed by atoms with Crippen LogP contribution >= 0.6 is 0 Å². The van der Waals surface area contributed by atoms with Crippen LogP contribution in [-0.2, 0) is 20.9 Å². The quantitative estimate of drug-likeness (QED) is 0.805. The number of nitrogens with one attached hydrogen (secondary N) is 1. The van der Waals surface area contributed by atoms with Crippen molar-refractivity contribution in [1.29, 1.82) is 0 Å². The zero-order valence-electron chi connectivity index (χ0n) is 8.38. The second kappa shape index (κ2) is 4.20. The Balaban J connectivity index is 2.05. The molecule has 0 radical (unpaired) electrons. The lowest BCUT2D eigenvalue weighted by molar-refractivity contribution is 0.320. The van der Waals surface area contributed by atoms with E-state index in [4.69, 9.17) is 5.14 Å². The fourth-order valence-electron chi connectivity index (χ4n) is 1.38. The van der Waals surface area contributed by atoms with Gasteiger partial charge in [0.15, 0.2) is 0 Å². The molecule has 1 heterocycles. The van der Waals surface area contributed by atoms with Crippen molar-refractivity contribution >= 4 is 21.3 Å². The zero-order chi connectivity index (χ0) is 11.6. The largest absolute Gasteiger partial charge is 0.342 e. The lowest BCUT2D eigenvalue weighted by Gasteiger charge is -1.97. The topological polar surface area (TPSA) is 98.1 Å². The molecule has 0 unspecified atom stereocenters. The van der Waals surface area contributed by atoms with Gasteiger partial charge in [0.2, 0.25) is 0 Å². The van der Waals surface area contributed by atoms with Gasteiger partial charge in [0, 0.05) is 6.42 Å². The van der Waals surface area contributed by atoms with Crippen molar-refractivity contribution in [2.45, 2.75) is 6.42 Å². The van der Waals surface area contributed by atoms with Crippen molar-refractivity contribution in [2.24, 2.45) is 5.14 Å². The first-order valence-electron chi connectivity index (χ1n) is 4.65. The highest BCUT2D eigenvalue weighted by Crippen LogP contribution is 2.10. The molecule has 2 rings (SSSR count). The first-order valence-corrected chi connectivity index (χ1v) is 6.12. The van der Waals surface area contributed by atoms with Gasteiger partial charge in [0.1, 0.15) is 5.82 Å². The van der Waals surface area contributed by atoms with E-state index in [1.807, 2.05) is 24.3 Å². The second-order valence-electron chi connectivity index (χ2n) is 3.27. The Morgan fingerprint density at radius 2 is 2.12 bits per heavy atom. The summed E-state index contributed by atoms with van der Waals surface area (Å²) in [6.07, 6.45) is 0.366. The Hall–Kier alpha value is -1.44. The minimum atomic E-state index is -3.87. The summed E-state index contributed by atoms with van der Waals surface area (Å²) < 4.78 is 25.5. The monoisotopic (exact) mass is 241 g/mol. The molecule has 1 aromatic carbocycles. The summed E-state index contributed by atoms with van der Waals surface area (Å²) in [5.41, 5.74) is 1.75. The third-order valence-electron chi connectivity index (χ3n) is 2.02. The van der Waals surface area contributed by atoms with Crippen LogP contribution in [0.25, 0.3) is 11.0 Å². The molecule has 0 saturated carbocycles. The highest BCUT2D eigenvalue weighted by molar-refractivity contribution is 7.84. The number of para-hydroxylation sites is 2. The van der Waals surface area contributed by atoms with Crippen LogP contribution in [0.4, 0.5) is 0 Å². The molecule has 86 valence electrons. The number of hydrogen-bond acceptors (Lipinski definition) is 4. The van der Waals surface area contributed by atoms with Gasteiger partial charge in [-0.3, -0.25) is 4.18 Å². The minimum absolute atomic E-state index is 0.0152. The van der Waals surface area contributed by atoms with Gasteiger partial charge in [-0.2, -0.15) is 8.42 Å². The highest BCUT2D eigenvalue weighted by atomic mass is 32.2. The third kappa shape index (κ3) is 2.78. The first kappa shape index (κ1) is 11.1. The molecule has 0 bridgehead atoms. The van der Waals surface area contributed by atoms with Crippen molar-refractivity contribution in [3.05, 3.63) is 30.1 Å². The molecule has 3 N–H and O–H groups in total. The Kier molecular flexibility index (Phi) is 2.90. The van der Waals surface area contributed by atoms with Crippen LogP contribution in [0.3, 0.4) is 0 Å². The van der Waals surface area contributed by atoms with Gasteiger partial charge in [0.25, 0.3) is 0 Å². The number of aromatic amines is 1. The lowest BCUT2D eigenvalue weighted by Crippen LogP contribution is -2.17. The summed E-state index contributed by atoms with van der Waals surface area (Å²) in [4.78, 5) is 7.32. The number of H-pyrrole nitrogens is 1. The number of imidazole rings is 1. The molecule has 0 aliphatic carbocycles. The zero-order valence-corrected chi connectivity index (χ0v) is 9.20. The van der Waals surface area contributed by atoms with Crippen molar-refractivity contribution in [3.8, 4) is 0 Å². The van der Waals surface area contributed by atoms with Crippen molar-refractivity contribution in [3.63, 3.8) is 0 Å². The number of aromatic nitrogens is 2. The normalized spacial score (nSPS) is 12.1. The van der Waals surface area contributed by atoms with E-state index in [2.05, 4.69) is 14.2 Å². The van der Waals surface area contributed by atoms with Crippen LogP contribution in [0.15, 0.2) is 24.3 Å². The SMILES string of the molecule is NS(=O)(=O)OCCc1nc2ccccc2[nH]1. The summed E-state index contributed by atoms with van der Waals surface area (Å²) in [7, 11) is -3.87. The molecular formula is C9H11N3O3S. The fraction of sp³-hybridized carbons (Fsp3) is 0.222. The lowest BCUT2D eigenvalue weighted by atomic mass is 10.3. The number of benzene rings is 1. The Bertz CT molecular complexity index is 558. The van der Waals surface area contributed by atoms with Crippen LogP contribution in [0.5, 0.6) is 0 Å². The number of nitrogens with two attached hydrogens (primary N) is 1. The van der Waals surface area contributed by atoms with Crippen molar-refractivity contribution < 1.29 is 12.6 Å². The molecular weight excluding hydrogens is 230 g/mol. The van der Waals surface area contributed by atoms with E-state index in [-0.39, 0.29) is 6.61 Å². The molecule has 16 heavy (non-hydrogen) atoms. The van der Waals surface area contributed by atoms with Crippen LogP contribution in [0.1, 0.15) is 5.82 Å². The minimum Gasteiger partial charge on any atom is -0.342 e. The van der Waals surface area contributed by atoms with Gasteiger partial charge in [-0.1, -0.05) is 12.1 Å². The second-order valence-corrected chi connectivity index (χ2v) is 4.49. The molecule has 1 aromatic heterocycles. The van der Waals surface area contributed by atoms with E-state index in [1.54, 1.807) is 0 Å². The summed E-state index contributed by atoms with van der Waals surface area (Å²) in [6, 6.07) is 7.54. The average molecular weight is 241 g/mol. The van der Waals surface area contributed by atoms with E-state index < -0.39 is 10.3 Å². The molecule has 0 amide bonds. The first-order chi connectivity index (χ1) is 7.54. The van der Waals surface area contributed by atoms with E-state index in [9.17, 15) is 8.42 Å². The van der Waals surface area contributed by atoms with Gasteiger partial charge in [0.05, 0.1) is 17.6 Å². The molecule has 0 atom stereocenters. The average Bonchev–Trinajstić information content (AvgIpc) is 2.57. The third-order valence-corrected chi connectivity index (χ3v) is 2.52. The van der Waals surface area contributed by atoms with E-state index in [1.165, 1.54) is 0 Å². The van der Waals surface area contributed by atoms with E-state index >= 15 is 0 Å². The molecule has 0 aliphatic rings. The molecule has 0 spiro atoms. The van der Waals surface area contributed by atoms with Crippen LogP contribution in [0, 0.1) is 0 Å². The maximum atomic E-state index is 10.5. The van der Waals surface area contributed by atoms with Gasteiger partial charge >= 0.3 is 10.3 Å². The number of fused-ring (bicyclic) bond motifs is 1. The Morgan fingerprint density at radius 3 is 2.81 bits per heavy atom. The van der Waals surface area contributed by atoms with E-state index in [0.717, 1.165) is 11.0 Å². The van der Waals surface area contributed by atoms with Gasteiger partial charge in [-0.25, -0.2) is 10.1 Å². The molecule has 0 saturated heterocycles. The Morgan fingerprint density at radius 1 is 1.38 bits per heavy atom. The maximum Gasteiger partial charge on any atom is 0.333 e. The smallest absolute Gasteiger partial charge is 0.333 e. The molecule has 0 aliphatic heterocycles. The van der Waals surface area contributed by atoms with Crippen LogP contribution in [-0.4, -0.2) is 25.0 Å². The van der Waals surface area contributed by atoms with Gasteiger partial charge < -0.3 is 4.98 Å². The number of hydrogen-bond donors (Lipinski definition) is 2. The van der Waals surface area contributed by atoms with Gasteiger partial charge in [-0.15, -0.1) is 0 Å². The molecule has 2 aromatic rings. The number of nitrogens with zero attached hydrogens (tertiary/aromatic N) is 1. The summed E-state index contributed by atoms with van der Waals surface area (Å²) >= 11 is 0. The summed E-state index contributed by atoms with van der Waals surface area (Å²) in [5, 5.41) is 4.69. The predicted molar refractivity (Wildman–Crippen MR) is 58.9 cm³/mol. The highest BCUT2D eigenvalue weighted by Gasteiger charge is 2.05. The fourth-order valence-corrected chi connectivity index (χ4v) is 1.69. The summed E-state index contributed by atoms with van der Waals surface area (Å²) in [5.74, 6) is 0.671. The molecule has 0 fully saturated rings.